The summed E-state index contributed by atoms with van der Waals surface area (Å²) in [7, 11) is 0. The molecule has 0 aliphatic carbocycles. The SMILES string of the molecule is O=C(NCC(F)(F)F)c1ccc(Cl)cc1-c1cc(O)ncn1. The number of hydrogen-bond acceptors (Lipinski definition) is 4. The first-order valence-corrected chi connectivity index (χ1v) is 6.30. The van der Waals surface area contributed by atoms with Crippen molar-refractivity contribution >= 4 is 17.5 Å². The highest BCUT2D eigenvalue weighted by Gasteiger charge is 2.28. The van der Waals surface area contributed by atoms with E-state index in [-0.39, 0.29) is 27.7 Å². The van der Waals surface area contributed by atoms with Crippen molar-refractivity contribution in [3.05, 3.63) is 41.2 Å². The van der Waals surface area contributed by atoms with E-state index >= 15 is 0 Å². The van der Waals surface area contributed by atoms with Crippen molar-refractivity contribution in [1.29, 1.82) is 0 Å². The zero-order valence-electron chi connectivity index (χ0n) is 10.9. The molecule has 9 heteroatoms. The Morgan fingerprint density at radius 1 is 1.27 bits per heavy atom. The van der Waals surface area contributed by atoms with E-state index in [1.54, 1.807) is 5.32 Å². The van der Waals surface area contributed by atoms with Gasteiger partial charge in [-0.3, -0.25) is 4.79 Å². The van der Waals surface area contributed by atoms with Crippen LogP contribution in [-0.2, 0) is 0 Å². The zero-order valence-corrected chi connectivity index (χ0v) is 11.6. The maximum Gasteiger partial charge on any atom is 0.405 e. The molecule has 0 radical (unpaired) electrons. The van der Waals surface area contributed by atoms with Gasteiger partial charge in [-0.15, -0.1) is 0 Å². The quantitative estimate of drug-likeness (QED) is 0.907. The van der Waals surface area contributed by atoms with Crippen molar-refractivity contribution in [2.24, 2.45) is 0 Å². The minimum atomic E-state index is -4.52. The zero-order chi connectivity index (χ0) is 16.3. The number of amides is 1. The van der Waals surface area contributed by atoms with Crippen molar-refractivity contribution in [2.45, 2.75) is 6.18 Å². The molecule has 1 aromatic carbocycles. The van der Waals surface area contributed by atoms with Gasteiger partial charge < -0.3 is 10.4 Å². The Balaban J connectivity index is 2.38. The maximum absolute atomic E-state index is 12.2. The number of nitrogens with zero attached hydrogens (tertiary/aromatic N) is 2. The molecule has 0 bridgehead atoms. The Morgan fingerprint density at radius 3 is 2.64 bits per heavy atom. The lowest BCUT2D eigenvalue weighted by Crippen LogP contribution is -2.34. The van der Waals surface area contributed by atoms with Crippen molar-refractivity contribution < 1.29 is 23.1 Å². The molecule has 0 aliphatic heterocycles. The normalized spacial score (nSPS) is 11.3. The van der Waals surface area contributed by atoms with E-state index in [1.165, 1.54) is 24.3 Å². The average molecular weight is 332 g/mol. The van der Waals surface area contributed by atoms with Crippen LogP contribution in [-0.4, -0.2) is 33.7 Å². The number of benzene rings is 1. The molecule has 0 aliphatic rings. The van der Waals surface area contributed by atoms with Crippen molar-refractivity contribution in [2.75, 3.05) is 6.54 Å². The minimum Gasteiger partial charge on any atom is -0.493 e. The van der Waals surface area contributed by atoms with Crippen LogP contribution >= 0.6 is 11.6 Å². The topological polar surface area (TPSA) is 75.1 Å². The number of nitrogens with one attached hydrogen (secondary N) is 1. The summed E-state index contributed by atoms with van der Waals surface area (Å²) in [5, 5.41) is 11.4. The number of aromatic nitrogens is 2. The third kappa shape index (κ3) is 4.08. The fraction of sp³-hybridized carbons (Fsp3) is 0.154. The summed E-state index contributed by atoms with van der Waals surface area (Å²) in [5.74, 6) is -1.27. The second-order valence-electron chi connectivity index (χ2n) is 4.25. The van der Waals surface area contributed by atoms with E-state index in [1.807, 2.05) is 0 Å². The summed E-state index contributed by atoms with van der Waals surface area (Å²) in [6.45, 7) is -1.46. The van der Waals surface area contributed by atoms with Gasteiger partial charge in [0, 0.05) is 22.2 Å². The molecular weight excluding hydrogens is 323 g/mol. The fourth-order valence-corrected chi connectivity index (χ4v) is 1.87. The van der Waals surface area contributed by atoms with Crippen molar-refractivity contribution in [3.63, 3.8) is 0 Å². The summed E-state index contributed by atoms with van der Waals surface area (Å²) >= 11 is 5.84. The van der Waals surface area contributed by atoms with Gasteiger partial charge in [-0.25, -0.2) is 9.97 Å². The number of carbonyl (C=O) groups is 1. The fourth-order valence-electron chi connectivity index (χ4n) is 1.70. The molecule has 0 saturated heterocycles. The lowest BCUT2D eigenvalue weighted by Gasteiger charge is -2.12. The van der Waals surface area contributed by atoms with Crippen LogP contribution in [0.1, 0.15) is 10.4 Å². The summed E-state index contributed by atoms with van der Waals surface area (Å²) in [4.78, 5) is 19.3. The van der Waals surface area contributed by atoms with Gasteiger partial charge in [0.15, 0.2) is 0 Å². The monoisotopic (exact) mass is 331 g/mol. The van der Waals surface area contributed by atoms with Crippen LogP contribution in [0.3, 0.4) is 0 Å². The van der Waals surface area contributed by atoms with Crippen LogP contribution in [0, 0.1) is 0 Å². The Bertz CT molecular complexity index is 707. The summed E-state index contributed by atoms with van der Waals surface area (Å²) < 4.78 is 36.5. The van der Waals surface area contributed by atoms with Crippen molar-refractivity contribution in [3.8, 4) is 17.1 Å². The molecule has 1 heterocycles. The Hall–Kier alpha value is -2.35. The summed E-state index contributed by atoms with van der Waals surface area (Å²) in [5.41, 5.74) is 0.295. The lowest BCUT2D eigenvalue weighted by molar-refractivity contribution is -0.123. The van der Waals surface area contributed by atoms with Gasteiger partial charge in [-0.1, -0.05) is 11.6 Å². The first-order valence-electron chi connectivity index (χ1n) is 5.92. The lowest BCUT2D eigenvalue weighted by atomic mass is 10.0. The smallest absolute Gasteiger partial charge is 0.405 e. The molecule has 0 spiro atoms. The van der Waals surface area contributed by atoms with Crippen LogP contribution in [0.4, 0.5) is 13.2 Å². The van der Waals surface area contributed by atoms with E-state index in [2.05, 4.69) is 9.97 Å². The van der Waals surface area contributed by atoms with Gasteiger partial charge in [0.25, 0.3) is 5.91 Å². The standard InChI is InChI=1S/C13H9ClF3N3O2/c14-7-1-2-8(12(22)18-5-13(15,16)17)9(3-7)10-4-11(21)20-6-19-10/h1-4,6H,5H2,(H,18,22)(H,19,20,21). The largest absolute Gasteiger partial charge is 0.493 e. The van der Waals surface area contributed by atoms with Crippen LogP contribution < -0.4 is 5.32 Å². The van der Waals surface area contributed by atoms with E-state index in [0.29, 0.717) is 0 Å². The average Bonchev–Trinajstić information content (AvgIpc) is 2.44. The third-order valence-corrected chi connectivity index (χ3v) is 2.84. The Morgan fingerprint density at radius 2 is 2.00 bits per heavy atom. The second-order valence-corrected chi connectivity index (χ2v) is 4.69. The first kappa shape index (κ1) is 16.0. The molecule has 22 heavy (non-hydrogen) atoms. The molecule has 0 atom stereocenters. The highest BCUT2D eigenvalue weighted by atomic mass is 35.5. The molecular formula is C13H9ClF3N3O2. The van der Waals surface area contributed by atoms with Crippen LogP contribution in [0.2, 0.25) is 5.02 Å². The highest BCUT2D eigenvalue weighted by molar-refractivity contribution is 6.31. The molecule has 2 rings (SSSR count). The van der Waals surface area contributed by atoms with E-state index < -0.39 is 18.6 Å². The number of carbonyl (C=O) groups excluding carboxylic acids is 1. The summed E-state index contributed by atoms with van der Waals surface area (Å²) in [6.07, 6.45) is -3.46. The number of rotatable bonds is 3. The molecule has 116 valence electrons. The van der Waals surface area contributed by atoms with Crippen LogP contribution in [0.15, 0.2) is 30.6 Å². The van der Waals surface area contributed by atoms with Gasteiger partial charge in [0.05, 0.1) is 5.69 Å². The number of hydrogen-bond donors (Lipinski definition) is 2. The van der Waals surface area contributed by atoms with E-state index in [0.717, 1.165) is 6.33 Å². The van der Waals surface area contributed by atoms with Gasteiger partial charge in [-0.05, 0) is 18.2 Å². The highest BCUT2D eigenvalue weighted by Crippen LogP contribution is 2.27. The van der Waals surface area contributed by atoms with Crippen LogP contribution in [0.5, 0.6) is 5.88 Å². The predicted octanol–water partition coefficient (Wildman–Crippen LogP) is 2.79. The van der Waals surface area contributed by atoms with Gasteiger partial charge in [0.1, 0.15) is 12.9 Å². The van der Waals surface area contributed by atoms with E-state index in [9.17, 15) is 23.1 Å². The van der Waals surface area contributed by atoms with Gasteiger partial charge in [0.2, 0.25) is 5.88 Å². The molecule has 1 amide bonds. The second kappa shape index (κ2) is 6.18. The maximum atomic E-state index is 12.2. The molecule has 2 aromatic rings. The number of halogens is 4. The van der Waals surface area contributed by atoms with E-state index in [4.69, 9.17) is 11.6 Å². The first-order chi connectivity index (χ1) is 10.3. The van der Waals surface area contributed by atoms with Crippen LogP contribution in [0.25, 0.3) is 11.3 Å². The van der Waals surface area contributed by atoms with Gasteiger partial charge >= 0.3 is 6.18 Å². The Kier molecular flexibility index (Phi) is 4.51. The third-order valence-electron chi connectivity index (χ3n) is 2.60. The number of alkyl halides is 3. The Labute approximate surface area is 127 Å². The van der Waals surface area contributed by atoms with Crippen molar-refractivity contribution in [1.82, 2.24) is 15.3 Å². The molecule has 1 aromatic heterocycles. The molecule has 0 unspecified atom stereocenters. The minimum absolute atomic E-state index is 0.0493. The predicted molar refractivity (Wildman–Crippen MR) is 72.5 cm³/mol. The molecule has 2 N–H and O–H groups in total. The summed E-state index contributed by atoms with van der Waals surface area (Å²) in [6, 6.07) is 5.19. The molecule has 5 nitrogen and oxygen atoms in total. The molecule has 0 fully saturated rings. The molecule has 0 saturated carbocycles. The number of aromatic hydroxyl groups is 1. The van der Waals surface area contributed by atoms with Gasteiger partial charge in [-0.2, -0.15) is 13.2 Å².